The zero-order valence-corrected chi connectivity index (χ0v) is 13.0. The molecule has 0 bridgehead atoms. The highest BCUT2D eigenvalue weighted by molar-refractivity contribution is 6.11. The molecule has 25 heavy (non-hydrogen) atoms. The quantitative estimate of drug-likeness (QED) is 0.722. The number of anilines is 2. The molecule has 1 atom stereocenters. The summed E-state index contributed by atoms with van der Waals surface area (Å²) in [4.78, 5) is 23.9. The first-order chi connectivity index (χ1) is 12.2. The van der Waals surface area contributed by atoms with Gasteiger partial charge in [0.1, 0.15) is 17.7 Å². The number of hydrogen-bond acceptors (Lipinski definition) is 4. The molecule has 4 rings (SSSR count). The molecule has 2 amide bonds. The maximum absolute atomic E-state index is 13.1. The zero-order chi connectivity index (χ0) is 17.4. The summed E-state index contributed by atoms with van der Waals surface area (Å²) in [7, 11) is 0. The van der Waals surface area contributed by atoms with Crippen LogP contribution in [0.2, 0.25) is 0 Å². The van der Waals surface area contributed by atoms with Crippen LogP contribution in [0.25, 0.3) is 10.8 Å². The van der Waals surface area contributed by atoms with Crippen molar-refractivity contribution in [1.82, 2.24) is 9.97 Å². The Balaban J connectivity index is 1.80. The number of amides is 2. The Bertz CT molecular complexity index is 993. The van der Waals surface area contributed by atoms with Crippen molar-refractivity contribution in [3.63, 3.8) is 0 Å². The first-order valence-corrected chi connectivity index (χ1v) is 7.63. The molecule has 1 aliphatic heterocycles. The van der Waals surface area contributed by atoms with Crippen LogP contribution in [-0.4, -0.2) is 28.6 Å². The van der Waals surface area contributed by atoms with Gasteiger partial charge in [0.2, 0.25) is 0 Å². The minimum Gasteiger partial charge on any atom is -0.275 e. The van der Waals surface area contributed by atoms with Crippen LogP contribution in [-0.2, 0) is 0 Å². The number of benzene rings is 1. The number of nitrogens with zero attached hydrogens (tertiary/aromatic N) is 5. The van der Waals surface area contributed by atoms with Crippen molar-refractivity contribution < 1.29 is 9.18 Å². The Hall–Kier alpha value is -3.53. The summed E-state index contributed by atoms with van der Waals surface area (Å²) in [6.45, 7) is 0.150. The van der Waals surface area contributed by atoms with Gasteiger partial charge in [-0.15, -0.1) is 0 Å². The van der Waals surface area contributed by atoms with Crippen molar-refractivity contribution in [3.8, 4) is 6.07 Å². The fourth-order valence-electron chi connectivity index (χ4n) is 2.98. The highest BCUT2D eigenvalue weighted by atomic mass is 19.1. The molecule has 1 fully saturated rings. The average molecular weight is 333 g/mol. The number of aromatic nitrogens is 2. The lowest BCUT2D eigenvalue weighted by atomic mass is 10.1. The van der Waals surface area contributed by atoms with Gasteiger partial charge in [-0.3, -0.25) is 14.8 Å². The normalized spacial score (nSPS) is 17.1. The average Bonchev–Trinajstić information content (AvgIpc) is 2.98. The highest BCUT2D eigenvalue weighted by Crippen LogP contribution is 2.32. The second-order valence-corrected chi connectivity index (χ2v) is 5.62. The summed E-state index contributed by atoms with van der Waals surface area (Å²) in [5.41, 5.74) is 0.569. The summed E-state index contributed by atoms with van der Waals surface area (Å²) in [5.74, 6) is -0.176. The van der Waals surface area contributed by atoms with E-state index in [-0.39, 0.29) is 12.6 Å². The molecule has 6 nitrogen and oxygen atoms in total. The fraction of sp³-hybridized carbons (Fsp3) is 0.111. The number of carbonyl (C=O) groups is 1. The van der Waals surface area contributed by atoms with E-state index in [1.54, 1.807) is 12.4 Å². The van der Waals surface area contributed by atoms with Crippen LogP contribution in [0.5, 0.6) is 0 Å². The van der Waals surface area contributed by atoms with Gasteiger partial charge in [0, 0.05) is 17.0 Å². The molecule has 122 valence electrons. The minimum atomic E-state index is -0.688. The molecule has 3 aromatic rings. The van der Waals surface area contributed by atoms with E-state index in [1.807, 2.05) is 24.3 Å². The van der Waals surface area contributed by atoms with Gasteiger partial charge in [-0.2, -0.15) is 5.26 Å². The Morgan fingerprint density at radius 3 is 2.76 bits per heavy atom. The van der Waals surface area contributed by atoms with Gasteiger partial charge < -0.3 is 0 Å². The third kappa shape index (κ3) is 2.44. The highest BCUT2D eigenvalue weighted by Gasteiger charge is 2.40. The van der Waals surface area contributed by atoms with Gasteiger partial charge in [-0.25, -0.2) is 14.2 Å². The number of carbonyl (C=O) groups excluding carboxylic acids is 1. The second-order valence-electron chi connectivity index (χ2n) is 5.62. The van der Waals surface area contributed by atoms with E-state index in [1.165, 1.54) is 21.9 Å². The first-order valence-electron chi connectivity index (χ1n) is 7.63. The number of rotatable bonds is 2. The third-order valence-corrected chi connectivity index (χ3v) is 4.15. The van der Waals surface area contributed by atoms with Crippen LogP contribution in [0.4, 0.5) is 20.7 Å². The lowest BCUT2D eigenvalue weighted by molar-refractivity contribution is 0.255. The smallest absolute Gasteiger partial charge is 0.275 e. The molecule has 0 unspecified atom stereocenters. The second kappa shape index (κ2) is 5.83. The van der Waals surface area contributed by atoms with Crippen molar-refractivity contribution in [2.24, 2.45) is 0 Å². The minimum absolute atomic E-state index is 0.150. The summed E-state index contributed by atoms with van der Waals surface area (Å²) in [6.07, 6.45) is 4.33. The molecule has 3 heterocycles. The molecule has 0 saturated carbocycles. The van der Waals surface area contributed by atoms with Gasteiger partial charge >= 0.3 is 6.03 Å². The summed E-state index contributed by atoms with van der Waals surface area (Å²) in [6, 6.07) is 11.3. The Morgan fingerprint density at radius 2 is 2.00 bits per heavy atom. The molecule has 1 aromatic carbocycles. The molecule has 0 aliphatic carbocycles. The molecule has 7 heteroatoms. The van der Waals surface area contributed by atoms with E-state index in [0.717, 1.165) is 17.0 Å². The zero-order valence-electron chi connectivity index (χ0n) is 13.0. The summed E-state index contributed by atoms with van der Waals surface area (Å²) < 4.78 is 13.1. The predicted molar refractivity (Wildman–Crippen MR) is 90.6 cm³/mol. The van der Waals surface area contributed by atoms with Crippen molar-refractivity contribution in [2.45, 2.75) is 6.04 Å². The predicted octanol–water partition coefficient (Wildman–Crippen LogP) is 3.11. The lowest BCUT2D eigenvalue weighted by Crippen LogP contribution is -2.34. The van der Waals surface area contributed by atoms with Crippen LogP contribution in [0.15, 0.2) is 55.0 Å². The van der Waals surface area contributed by atoms with E-state index in [0.29, 0.717) is 11.5 Å². The monoisotopic (exact) mass is 333 g/mol. The van der Waals surface area contributed by atoms with Crippen molar-refractivity contribution in [2.75, 3.05) is 16.3 Å². The van der Waals surface area contributed by atoms with Gasteiger partial charge in [-0.05, 0) is 12.1 Å². The van der Waals surface area contributed by atoms with Crippen molar-refractivity contribution in [3.05, 3.63) is 60.8 Å². The molecular weight excluding hydrogens is 321 g/mol. The Labute approximate surface area is 142 Å². The van der Waals surface area contributed by atoms with Gasteiger partial charge in [-0.1, -0.05) is 24.3 Å². The number of fused-ring (bicyclic) bond motifs is 1. The molecule has 0 radical (unpaired) electrons. The molecule has 1 aliphatic rings. The van der Waals surface area contributed by atoms with Crippen LogP contribution in [0, 0.1) is 17.1 Å². The molecule has 2 aromatic heterocycles. The van der Waals surface area contributed by atoms with E-state index in [4.69, 9.17) is 0 Å². The third-order valence-electron chi connectivity index (χ3n) is 4.15. The lowest BCUT2D eigenvalue weighted by Gasteiger charge is -2.20. The van der Waals surface area contributed by atoms with Crippen LogP contribution in [0.3, 0.4) is 0 Å². The number of halogens is 1. The summed E-state index contributed by atoms with van der Waals surface area (Å²) >= 11 is 0. The largest absolute Gasteiger partial charge is 0.331 e. The summed E-state index contributed by atoms with van der Waals surface area (Å²) in [5, 5.41) is 11.2. The van der Waals surface area contributed by atoms with Crippen molar-refractivity contribution >= 4 is 28.3 Å². The Kier molecular flexibility index (Phi) is 3.51. The molecule has 0 spiro atoms. The van der Waals surface area contributed by atoms with E-state index < -0.39 is 11.9 Å². The SMILES string of the molecule is N#C[C@H]1CN(c2ccc(F)cn2)C(=O)N1c1cncc2ccccc12. The number of urea groups is 1. The maximum Gasteiger partial charge on any atom is 0.331 e. The van der Waals surface area contributed by atoms with E-state index >= 15 is 0 Å². The number of pyridine rings is 2. The number of nitriles is 1. The van der Waals surface area contributed by atoms with Crippen molar-refractivity contribution in [1.29, 1.82) is 5.26 Å². The van der Waals surface area contributed by atoms with Gasteiger partial charge in [0.25, 0.3) is 0 Å². The fourth-order valence-corrected chi connectivity index (χ4v) is 2.98. The number of hydrogen-bond donors (Lipinski definition) is 0. The standard InChI is InChI=1S/C18H12FN5O/c19-13-5-6-17(22-9-13)23-11-14(7-20)24(18(23)25)16-10-21-8-12-3-1-2-4-15(12)16/h1-6,8-10,14H,11H2/t14-/m0/s1. The molecule has 1 saturated heterocycles. The van der Waals surface area contributed by atoms with Crippen LogP contribution < -0.4 is 9.80 Å². The topological polar surface area (TPSA) is 73.1 Å². The van der Waals surface area contributed by atoms with Crippen LogP contribution >= 0.6 is 0 Å². The van der Waals surface area contributed by atoms with E-state index in [2.05, 4.69) is 16.0 Å². The van der Waals surface area contributed by atoms with Gasteiger partial charge in [0.15, 0.2) is 0 Å². The Morgan fingerprint density at radius 1 is 1.16 bits per heavy atom. The molecular formula is C18H12FN5O. The molecule has 0 N–H and O–H groups in total. The van der Waals surface area contributed by atoms with E-state index in [9.17, 15) is 14.4 Å². The maximum atomic E-state index is 13.1. The van der Waals surface area contributed by atoms with Crippen LogP contribution in [0.1, 0.15) is 0 Å². The first kappa shape index (κ1) is 15.0. The van der Waals surface area contributed by atoms with Gasteiger partial charge in [0.05, 0.1) is 30.7 Å².